The van der Waals surface area contributed by atoms with Crippen LogP contribution in [0.25, 0.3) is 0 Å². The summed E-state index contributed by atoms with van der Waals surface area (Å²) < 4.78 is 0. The fraction of sp³-hybridized carbons (Fsp3) is 0.200. The molecule has 0 aromatic rings. The fourth-order valence-electron chi connectivity index (χ4n) is 0.544. The van der Waals surface area contributed by atoms with Gasteiger partial charge in [0.15, 0.2) is 0 Å². The van der Waals surface area contributed by atoms with Crippen molar-refractivity contribution in [3.05, 3.63) is 11.6 Å². The summed E-state index contributed by atoms with van der Waals surface area (Å²) in [5, 5.41) is 0. The molecule has 0 aromatic carbocycles. The summed E-state index contributed by atoms with van der Waals surface area (Å²) in [5.41, 5.74) is 1.98. The van der Waals surface area contributed by atoms with Gasteiger partial charge in [-0.25, -0.2) is 4.79 Å². The van der Waals surface area contributed by atoms with Gasteiger partial charge in [0.1, 0.15) is 5.57 Å². The van der Waals surface area contributed by atoms with Crippen molar-refractivity contribution < 1.29 is 14.4 Å². The van der Waals surface area contributed by atoms with Gasteiger partial charge in [-0.2, -0.15) is 5.48 Å². The molecule has 4 nitrogen and oxygen atoms in total. The Balaban J connectivity index is 2.91. The number of hydroxylamine groups is 1. The average molecular weight is 127 g/mol. The quantitative estimate of drug-likeness (QED) is 0.353. The standard InChI is InChI=1S/C5H5NO3/c1-2-3-4(7)6-9-5(3)8/h2H,1H3,(H,6,7). The second kappa shape index (κ2) is 1.89. The molecule has 9 heavy (non-hydrogen) atoms. The van der Waals surface area contributed by atoms with Crippen molar-refractivity contribution in [1.29, 1.82) is 0 Å². The molecule has 1 saturated heterocycles. The third-order valence-electron chi connectivity index (χ3n) is 0.990. The maximum Gasteiger partial charge on any atom is 0.368 e. The number of allylic oxidation sites excluding steroid dienone is 1. The normalized spacial score (nSPS) is 22.1. The van der Waals surface area contributed by atoms with Crippen LogP contribution in [0.15, 0.2) is 11.6 Å². The lowest BCUT2D eigenvalue weighted by Crippen LogP contribution is -2.12. The molecular formula is C5H5NO3. The van der Waals surface area contributed by atoms with Crippen LogP contribution < -0.4 is 5.48 Å². The Labute approximate surface area is 51.4 Å². The van der Waals surface area contributed by atoms with Crippen molar-refractivity contribution in [2.24, 2.45) is 0 Å². The second-order valence-corrected chi connectivity index (χ2v) is 1.52. The van der Waals surface area contributed by atoms with E-state index in [4.69, 9.17) is 0 Å². The molecule has 0 unspecified atom stereocenters. The molecule has 1 aliphatic heterocycles. The highest BCUT2D eigenvalue weighted by atomic mass is 16.7. The first-order valence-corrected chi connectivity index (χ1v) is 2.43. The number of hydrogen-bond acceptors (Lipinski definition) is 3. The molecule has 0 bridgehead atoms. The highest BCUT2D eigenvalue weighted by Crippen LogP contribution is 2.03. The molecule has 1 amide bonds. The Hall–Kier alpha value is -1.32. The summed E-state index contributed by atoms with van der Waals surface area (Å²) in [6.45, 7) is 1.60. The van der Waals surface area contributed by atoms with Gasteiger partial charge in [-0.1, -0.05) is 6.08 Å². The summed E-state index contributed by atoms with van der Waals surface area (Å²) in [6.07, 6.45) is 1.41. The molecule has 48 valence electrons. The van der Waals surface area contributed by atoms with Gasteiger partial charge in [0.2, 0.25) is 0 Å². The summed E-state index contributed by atoms with van der Waals surface area (Å²) in [4.78, 5) is 25.1. The minimum atomic E-state index is -0.609. The van der Waals surface area contributed by atoms with Crippen LogP contribution in [0.4, 0.5) is 0 Å². The molecule has 0 saturated carbocycles. The summed E-state index contributed by atoms with van der Waals surface area (Å²) in [7, 11) is 0. The summed E-state index contributed by atoms with van der Waals surface area (Å²) in [5.74, 6) is -1.08. The van der Waals surface area contributed by atoms with Gasteiger partial charge >= 0.3 is 5.97 Å². The fourth-order valence-corrected chi connectivity index (χ4v) is 0.544. The zero-order valence-corrected chi connectivity index (χ0v) is 4.80. The molecule has 1 heterocycles. The first kappa shape index (κ1) is 5.81. The van der Waals surface area contributed by atoms with E-state index in [1.54, 1.807) is 6.92 Å². The zero-order valence-electron chi connectivity index (χ0n) is 4.80. The molecular weight excluding hydrogens is 122 g/mol. The summed E-state index contributed by atoms with van der Waals surface area (Å²) in [6, 6.07) is 0. The molecule has 0 radical (unpaired) electrons. The van der Waals surface area contributed by atoms with Gasteiger partial charge in [-0.05, 0) is 6.92 Å². The Morgan fingerprint density at radius 1 is 1.56 bits per heavy atom. The van der Waals surface area contributed by atoms with Gasteiger partial charge in [0.05, 0.1) is 0 Å². The van der Waals surface area contributed by atoms with E-state index < -0.39 is 11.9 Å². The van der Waals surface area contributed by atoms with E-state index in [1.807, 2.05) is 5.48 Å². The lowest BCUT2D eigenvalue weighted by Gasteiger charge is -1.81. The second-order valence-electron chi connectivity index (χ2n) is 1.52. The van der Waals surface area contributed by atoms with E-state index in [2.05, 4.69) is 4.84 Å². The van der Waals surface area contributed by atoms with Crippen LogP contribution in [0.2, 0.25) is 0 Å². The number of carbonyl (C=O) groups is 2. The predicted molar refractivity (Wildman–Crippen MR) is 28.0 cm³/mol. The van der Waals surface area contributed by atoms with E-state index >= 15 is 0 Å². The topological polar surface area (TPSA) is 55.4 Å². The number of nitrogens with one attached hydrogen (secondary N) is 1. The Kier molecular flexibility index (Phi) is 1.22. The zero-order chi connectivity index (χ0) is 6.85. The third kappa shape index (κ3) is 0.782. The molecule has 0 aromatic heterocycles. The van der Waals surface area contributed by atoms with Crippen LogP contribution in [0, 0.1) is 0 Å². The van der Waals surface area contributed by atoms with Crippen LogP contribution in [0.1, 0.15) is 6.92 Å². The van der Waals surface area contributed by atoms with E-state index in [0.29, 0.717) is 0 Å². The first-order chi connectivity index (χ1) is 4.25. The van der Waals surface area contributed by atoms with Crippen LogP contribution in [-0.2, 0) is 14.4 Å². The van der Waals surface area contributed by atoms with Gasteiger partial charge in [-0.3, -0.25) is 4.79 Å². The molecule has 1 rings (SSSR count). The van der Waals surface area contributed by atoms with Gasteiger partial charge in [-0.15, -0.1) is 0 Å². The van der Waals surface area contributed by atoms with Crippen molar-refractivity contribution in [2.45, 2.75) is 6.92 Å². The van der Waals surface area contributed by atoms with Crippen molar-refractivity contribution in [3.8, 4) is 0 Å². The molecule has 0 atom stereocenters. The number of carbonyl (C=O) groups excluding carboxylic acids is 2. The lowest BCUT2D eigenvalue weighted by molar-refractivity contribution is -0.143. The maximum atomic E-state index is 10.5. The Morgan fingerprint density at radius 2 is 2.22 bits per heavy atom. The highest BCUT2D eigenvalue weighted by molar-refractivity contribution is 6.19. The first-order valence-electron chi connectivity index (χ1n) is 2.43. The van der Waals surface area contributed by atoms with E-state index in [9.17, 15) is 9.59 Å². The van der Waals surface area contributed by atoms with Crippen LogP contribution in [-0.4, -0.2) is 11.9 Å². The minimum Gasteiger partial charge on any atom is -0.335 e. The van der Waals surface area contributed by atoms with Gasteiger partial charge < -0.3 is 4.84 Å². The summed E-state index contributed by atoms with van der Waals surface area (Å²) >= 11 is 0. The monoisotopic (exact) mass is 127 g/mol. The highest BCUT2D eigenvalue weighted by Gasteiger charge is 2.26. The molecule has 1 N–H and O–H groups in total. The Morgan fingerprint density at radius 3 is 2.44 bits per heavy atom. The average Bonchev–Trinajstić information content (AvgIpc) is 2.12. The third-order valence-corrected chi connectivity index (χ3v) is 0.990. The lowest BCUT2D eigenvalue weighted by atomic mass is 10.3. The Bertz CT molecular complexity index is 176. The molecule has 0 aliphatic carbocycles. The molecule has 4 heteroatoms. The molecule has 0 spiro atoms. The van der Waals surface area contributed by atoms with Crippen molar-refractivity contribution in [2.75, 3.05) is 0 Å². The number of amides is 1. The minimum absolute atomic E-state index is 0.0648. The van der Waals surface area contributed by atoms with Gasteiger partial charge in [0.25, 0.3) is 5.91 Å². The van der Waals surface area contributed by atoms with Gasteiger partial charge in [0, 0.05) is 0 Å². The molecule has 1 fully saturated rings. The predicted octanol–water partition coefficient (Wildman–Crippen LogP) is -0.479. The van der Waals surface area contributed by atoms with Crippen LogP contribution >= 0.6 is 0 Å². The van der Waals surface area contributed by atoms with Crippen LogP contribution in [0.3, 0.4) is 0 Å². The largest absolute Gasteiger partial charge is 0.368 e. The van der Waals surface area contributed by atoms with E-state index in [1.165, 1.54) is 6.08 Å². The van der Waals surface area contributed by atoms with E-state index in [-0.39, 0.29) is 5.57 Å². The van der Waals surface area contributed by atoms with Crippen molar-refractivity contribution >= 4 is 11.9 Å². The molecule has 1 aliphatic rings. The maximum absolute atomic E-state index is 10.5. The van der Waals surface area contributed by atoms with Crippen molar-refractivity contribution in [3.63, 3.8) is 0 Å². The number of hydrogen-bond donors (Lipinski definition) is 1. The SMILES string of the molecule is CC=C1C(=O)NOC1=O. The smallest absolute Gasteiger partial charge is 0.335 e. The van der Waals surface area contributed by atoms with Crippen LogP contribution in [0.5, 0.6) is 0 Å². The van der Waals surface area contributed by atoms with E-state index in [0.717, 1.165) is 0 Å². The van der Waals surface area contributed by atoms with Crippen molar-refractivity contribution in [1.82, 2.24) is 5.48 Å². The number of rotatable bonds is 0.